The van der Waals surface area contributed by atoms with Gasteiger partial charge in [0.15, 0.2) is 0 Å². The number of H-pyrrole nitrogens is 1. The number of hydrogen-bond donors (Lipinski definition) is 2. The van der Waals surface area contributed by atoms with Gasteiger partial charge in [0.05, 0.1) is 12.8 Å². The Labute approximate surface area is 118 Å². The Morgan fingerprint density at radius 3 is 2.95 bits per heavy atom. The highest BCUT2D eigenvalue weighted by atomic mass is 16.5. The summed E-state index contributed by atoms with van der Waals surface area (Å²) in [4.78, 5) is 19.0. The van der Waals surface area contributed by atoms with E-state index >= 15 is 0 Å². The molecule has 0 fully saturated rings. The number of aromatic amines is 1. The van der Waals surface area contributed by atoms with E-state index in [-0.39, 0.29) is 5.56 Å². The van der Waals surface area contributed by atoms with Crippen molar-refractivity contribution in [3.8, 4) is 17.1 Å². The third-order valence-electron chi connectivity index (χ3n) is 2.87. The minimum atomic E-state index is -0.147. The Bertz CT molecular complexity index is 623. The molecule has 2 aromatic rings. The first-order valence-electron chi connectivity index (χ1n) is 6.68. The Kier molecular flexibility index (Phi) is 4.90. The number of ether oxygens (including phenoxy) is 1. The third-order valence-corrected chi connectivity index (χ3v) is 2.87. The minimum absolute atomic E-state index is 0.147. The van der Waals surface area contributed by atoms with Gasteiger partial charge in [-0.15, -0.1) is 0 Å². The summed E-state index contributed by atoms with van der Waals surface area (Å²) < 4.78 is 5.18. The Hall–Kier alpha value is -2.14. The molecule has 0 radical (unpaired) electrons. The summed E-state index contributed by atoms with van der Waals surface area (Å²) in [7, 11) is 1.61. The Balaban J connectivity index is 2.28. The van der Waals surface area contributed by atoms with E-state index in [0.29, 0.717) is 12.4 Å². The van der Waals surface area contributed by atoms with Gasteiger partial charge in [0.1, 0.15) is 11.6 Å². The molecule has 2 N–H and O–H groups in total. The molecule has 0 aliphatic heterocycles. The van der Waals surface area contributed by atoms with Gasteiger partial charge in [0.25, 0.3) is 5.56 Å². The second-order valence-electron chi connectivity index (χ2n) is 4.49. The normalized spacial score (nSPS) is 10.5. The van der Waals surface area contributed by atoms with Gasteiger partial charge >= 0.3 is 0 Å². The lowest BCUT2D eigenvalue weighted by molar-refractivity contribution is 0.415. The van der Waals surface area contributed by atoms with Gasteiger partial charge in [-0.2, -0.15) is 0 Å². The number of nitrogens with zero attached hydrogens (tertiary/aromatic N) is 1. The summed E-state index contributed by atoms with van der Waals surface area (Å²) in [5.74, 6) is 1.30. The molecule has 0 aliphatic rings. The summed E-state index contributed by atoms with van der Waals surface area (Å²) in [6.07, 6.45) is 1.05. The van der Waals surface area contributed by atoms with Crippen molar-refractivity contribution in [3.63, 3.8) is 0 Å². The molecule has 0 bridgehead atoms. The molecule has 0 unspecified atom stereocenters. The number of aromatic nitrogens is 2. The third kappa shape index (κ3) is 3.68. The largest absolute Gasteiger partial charge is 0.497 e. The maximum Gasteiger partial charge on any atom is 0.251 e. The van der Waals surface area contributed by atoms with Crippen LogP contribution in [0.2, 0.25) is 0 Å². The summed E-state index contributed by atoms with van der Waals surface area (Å²) in [5, 5.41) is 3.24. The van der Waals surface area contributed by atoms with Gasteiger partial charge in [0.2, 0.25) is 0 Å². The Morgan fingerprint density at radius 1 is 1.35 bits per heavy atom. The van der Waals surface area contributed by atoms with E-state index in [1.165, 1.54) is 6.07 Å². The molecule has 5 heteroatoms. The van der Waals surface area contributed by atoms with E-state index < -0.39 is 0 Å². The molecule has 20 heavy (non-hydrogen) atoms. The van der Waals surface area contributed by atoms with E-state index in [0.717, 1.165) is 30.0 Å². The molecule has 1 heterocycles. The minimum Gasteiger partial charge on any atom is -0.497 e. The average molecular weight is 273 g/mol. The monoisotopic (exact) mass is 273 g/mol. The number of nitrogens with one attached hydrogen (secondary N) is 2. The average Bonchev–Trinajstić information content (AvgIpc) is 2.47. The molecule has 0 atom stereocenters. The van der Waals surface area contributed by atoms with Crippen LogP contribution in [0, 0.1) is 0 Å². The molecule has 1 aromatic heterocycles. The van der Waals surface area contributed by atoms with Crippen LogP contribution in [0.15, 0.2) is 35.1 Å². The fourth-order valence-electron chi connectivity index (χ4n) is 1.90. The summed E-state index contributed by atoms with van der Waals surface area (Å²) in [6, 6.07) is 8.99. The number of benzene rings is 1. The predicted molar refractivity (Wildman–Crippen MR) is 78.8 cm³/mol. The second-order valence-corrected chi connectivity index (χ2v) is 4.49. The summed E-state index contributed by atoms with van der Waals surface area (Å²) in [5.41, 5.74) is 1.42. The summed E-state index contributed by atoms with van der Waals surface area (Å²) in [6.45, 7) is 3.59. The lowest BCUT2D eigenvalue weighted by atomic mass is 10.2. The van der Waals surface area contributed by atoms with Crippen molar-refractivity contribution >= 4 is 0 Å². The highest BCUT2D eigenvalue weighted by Crippen LogP contribution is 2.19. The number of rotatable bonds is 6. The van der Waals surface area contributed by atoms with Crippen LogP contribution in [0.25, 0.3) is 11.4 Å². The zero-order valence-electron chi connectivity index (χ0n) is 11.8. The van der Waals surface area contributed by atoms with E-state index in [1.807, 2.05) is 24.3 Å². The molecule has 0 spiro atoms. The molecule has 1 aromatic carbocycles. The fraction of sp³-hybridized carbons (Fsp3) is 0.333. The van der Waals surface area contributed by atoms with Crippen LogP contribution in [0.5, 0.6) is 5.75 Å². The van der Waals surface area contributed by atoms with Crippen molar-refractivity contribution in [3.05, 3.63) is 46.4 Å². The molecule has 2 rings (SSSR count). The van der Waals surface area contributed by atoms with Crippen LogP contribution >= 0.6 is 0 Å². The lowest BCUT2D eigenvalue weighted by Gasteiger charge is -2.07. The van der Waals surface area contributed by atoms with Crippen LogP contribution < -0.4 is 15.6 Å². The summed E-state index contributed by atoms with van der Waals surface area (Å²) >= 11 is 0. The predicted octanol–water partition coefficient (Wildman–Crippen LogP) is 1.95. The highest BCUT2D eigenvalue weighted by Gasteiger charge is 2.05. The van der Waals surface area contributed by atoms with Crippen LogP contribution in [-0.4, -0.2) is 23.6 Å². The van der Waals surface area contributed by atoms with Crippen LogP contribution in [-0.2, 0) is 6.54 Å². The zero-order chi connectivity index (χ0) is 14.4. The van der Waals surface area contributed by atoms with Crippen molar-refractivity contribution in [2.24, 2.45) is 0 Å². The standard InChI is InChI=1S/C15H19N3O2/c1-3-7-16-10-12-9-14(19)18-15(17-12)11-5-4-6-13(8-11)20-2/h4-6,8-9,16H,3,7,10H2,1-2H3,(H,17,18,19). The van der Waals surface area contributed by atoms with Crippen molar-refractivity contribution in [2.45, 2.75) is 19.9 Å². The SMILES string of the molecule is CCCNCc1cc(=O)[nH]c(-c2cccc(OC)c2)n1. The van der Waals surface area contributed by atoms with Gasteiger partial charge in [0, 0.05) is 18.2 Å². The smallest absolute Gasteiger partial charge is 0.251 e. The molecule has 106 valence electrons. The van der Waals surface area contributed by atoms with Gasteiger partial charge in [-0.05, 0) is 25.1 Å². The first-order valence-corrected chi connectivity index (χ1v) is 6.68. The van der Waals surface area contributed by atoms with Crippen molar-refractivity contribution in [1.82, 2.24) is 15.3 Å². The zero-order valence-corrected chi connectivity index (χ0v) is 11.8. The fourth-order valence-corrected chi connectivity index (χ4v) is 1.90. The van der Waals surface area contributed by atoms with E-state index in [4.69, 9.17) is 4.74 Å². The van der Waals surface area contributed by atoms with Gasteiger partial charge in [-0.3, -0.25) is 4.79 Å². The van der Waals surface area contributed by atoms with Crippen molar-refractivity contribution in [1.29, 1.82) is 0 Å². The van der Waals surface area contributed by atoms with Gasteiger partial charge in [-0.25, -0.2) is 4.98 Å². The number of methoxy groups -OCH3 is 1. The topological polar surface area (TPSA) is 67.0 Å². The van der Waals surface area contributed by atoms with Gasteiger partial charge < -0.3 is 15.0 Å². The maximum atomic E-state index is 11.7. The first-order chi connectivity index (χ1) is 9.72. The molecule has 0 amide bonds. The van der Waals surface area contributed by atoms with E-state index in [1.54, 1.807) is 7.11 Å². The quantitative estimate of drug-likeness (QED) is 0.789. The molecule has 5 nitrogen and oxygen atoms in total. The van der Waals surface area contributed by atoms with Crippen LogP contribution in [0.3, 0.4) is 0 Å². The molecule has 0 aliphatic carbocycles. The van der Waals surface area contributed by atoms with Crippen molar-refractivity contribution in [2.75, 3.05) is 13.7 Å². The maximum absolute atomic E-state index is 11.7. The molecule has 0 saturated carbocycles. The first kappa shape index (κ1) is 14.3. The van der Waals surface area contributed by atoms with Crippen LogP contribution in [0.1, 0.15) is 19.0 Å². The van der Waals surface area contributed by atoms with E-state index in [9.17, 15) is 4.79 Å². The highest BCUT2D eigenvalue weighted by molar-refractivity contribution is 5.57. The van der Waals surface area contributed by atoms with Crippen molar-refractivity contribution < 1.29 is 4.74 Å². The molecular weight excluding hydrogens is 254 g/mol. The van der Waals surface area contributed by atoms with Crippen LogP contribution in [0.4, 0.5) is 0 Å². The molecular formula is C15H19N3O2. The Morgan fingerprint density at radius 2 is 2.20 bits per heavy atom. The molecule has 0 saturated heterocycles. The number of hydrogen-bond acceptors (Lipinski definition) is 4. The van der Waals surface area contributed by atoms with Gasteiger partial charge in [-0.1, -0.05) is 19.1 Å². The van der Waals surface area contributed by atoms with E-state index in [2.05, 4.69) is 22.2 Å². The second kappa shape index (κ2) is 6.86. The lowest BCUT2D eigenvalue weighted by Crippen LogP contribution is -2.18.